The van der Waals surface area contributed by atoms with Gasteiger partial charge in [0.2, 0.25) is 0 Å². The van der Waals surface area contributed by atoms with Crippen LogP contribution in [0.15, 0.2) is 42.5 Å². The van der Waals surface area contributed by atoms with E-state index in [1.165, 1.54) is 54.7 Å². The zero-order valence-electron chi connectivity index (χ0n) is 16.0. The van der Waals surface area contributed by atoms with Crippen molar-refractivity contribution < 1.29 is 0 Å². The van der Waals surface area contributed by atoms with E-state index >= 15 is 0 Å². The van der Waals surface area contributed by atoms with Crippen molar-refractivity contribution in [3.05, 3.63) is 59.2 Å². The molecule has 0 radical (unpaired) electrons. The largest absolute Gasteiger partial charge is 0.372 e. The highest BCUT2D eigenvalue weighted by Gasteiger charge is 2.12. The number of hydrogen-bond acceptors (Lipinski definition) is 2. The topological polar surface area (TPSA) is 27.3 Å². The molecule has 0 amide bonds. The number of piperidine rings is 1. The highest BCUT2D eigenvalue weighted by molar-refractivity contribution is 7.80. The van der Waals surface area contributed by atoms with Crippen LogP contribution in [0, 0.1) is 13.8 Å². The Labute approximate surface area is 162 Å². The van der Waals surface area contributed by atoms with Gasteiger partial charge in [0.15, 0.2) is 5.11 Å². The van der Waals surface area contributed by atoms with Crippen LogP contribution in [0.3, 0.4) is 0 Å². The second-order valence-electron chi connectivity index (χ2n) is 7.28. The Kier molecular flexibility index (Phi) is 6.15. The van der Waals surface area contributed by atoms with Crippen LogP contribution in [-0.4, -0.2) is 18.2 Å². The number of anilines is 2. The van der Waals surface area contributed by atoms with Crippen molar-refractivity contribution in [3.63, 3.8) is 0 Å². The second kappa shape index (κ2) is 8.54. The van der Waals surface area contributed by atoms with E-state index in [0.29, 0.717) is 5.11 Å². The highest BCUT2D eigenvalue weighted by atomic mass is 32.1. The Hall–Kier alpha value is -2.07. The number of rotatable bonds is 4. The van der Waals surface area contributed by atoms with Crippen LogP contribution in [0.4, 0.5) is 11.4 Å². The van der Waals surface area contributed by atoms with Crippen molar-refractivity contribution in [2.75, 3.05) is 23.3 Å². The molecule has 0 saturated carbocycles. The molecular formula is C22H29N3S. The Morgan fingerprint density at radius 2 is 1.69 bits per heavy atom. The van der Waals surface area contributed by atoms with Crippen LogP contribution in [0.2, 0.25) is 0 Å². The van der Waals surface area contributed by atoms with Gasteiger partial charge in [0.25, 0.3) is 0 Å². The molecule has 2 aromatic rings. The van der Waals surface area contributed by atoms with Crippen molar-refractivity contribution in [3.8, 4) is 0 Å². The van der Waals surface area contributed by atoms with Gasteiger partial charge < -0.3 is 15.5 Å². The molecule has 1 aliphatic heterocycles. The van der Waals surface area contributed by atoms with Gasteiger partial charge in [0.1, 0.15) is 0 Å². The molecule has 1 saturated heterocycles. The van der Waals surface area contributed by atoms with Crippen LogP contribution in [-0.2, 0) is 0 Å². The molecule has 1 fully saturated rings. The van der Waals surface area contributed by atoms with Gasteiger partial charge in [0.05, 0.1) is 6.04 Å². The Morgan fingerprint density at radius 1 is 1.00 bits per heavy atom. The molecule has 0 aromatic heterocycles. The predicted molar refractivity (Wildman–Crippen MR) is 116 cm³/mol. The van der Waals surface area contributed by atoms with E-state index in [1.807, 2.05) is 0 Å². The fourth-order valence-electron chi connectivity index (χ4n) is 3.43. The molecule has 2 aromatic carbocycles. The first-order valence-electron chi connectivity index (χ1n) is 9.52. The number of benzene rings is 2. The average Bonchev–Trinajstić information content (AvgIpc) is 2.65. The van der Waals surface area contributed by atoms with Crippen LogP contribution in [0.5, 0.6) is 0 Å². The summed E-state index contributed by atoms with van der Waals surface area (Å²) >= 11 is 5.51. The smallest absolute Gasteiger partial charge is 0.171 e. The molecule has 1 heterocycles. The molecular weight excluding hydrogens is 338 g/mol. The van der Waals surface area contributed by atoms with Gasteiger partial charge in [-0.1, -0.05) is 24.3 Å². The maximum Gasteiger partial charge on any atom is 0.171 e. The summed E-state index contributed by atoms with van der Waals surface area (Å²) in [6, 6.07) is 15.4. The molecule has 138 valence electrons. The van der Waals surface area contributed by atoms with Crippen molar-refractivity contribution in [2.24, 2.45) is 0 Å². The van der Waals surface area contributed by atoms with Gasteiger partial charge in [-0.05, 0) is 87.1 Å². The number of hydrogen-bond donors (Lipinski definition) is 2. The van der Waals surface area contributed by atoms with E-state index in [0.717, 1.165) is 5.69 Å². The summed E-state index contributed by atoms with van der Waals surface area (Å²) in [5.74, 6) is 0. The molecule has 2 N–H and O–H groups in total. The monoisotopic (exact) mass is 367 g/mol. The van der Waals surface area contributed by atoms with E-state index in [1.54, 1.807) is 0 Å². The quantitative estimate of drug-likeness (QED) is 0.713. The van der Waals surface area contributed by atoms with Gasteiger partial charge in [-0.25, -0.2) is 0 Å². The predicted octanol–water partition coefficient (Wildman–Crippen LogP) is 5.34. The molecule has 0 spiro atoms. The molecule has 0 aliphatic carbocycles. The van der Waals surface area contributed by atoms with Gasteiger partial charge in [-0.3, -0.25) is 0 Å². The Morgan fingerprint density at radius 3 is 2.38 bits per heavy atom. The molecule has 1 atom stereocenters. The van der Waals surface area contributed by atoms with E-state index in [9.17, 15) is 0 Å². The maximum absolute atomic E-state index is 5.51. The molecule has 0 unspecified atom stereocenters. The number of nitrogens with one attached hydrogen (secondary N) is 2. The third-order valence-electron chi connectivity index (χ3n) is 5.10. The average molecular weight is 368 g/mol. The standard InChI is InChI=1S/C22H29N3S/c1-16-7-8-17(2)21(15-16)24-22(26)23-18(3)19-9-11-20(12-10-19)25-13-5-4-6-14-25/h7-12,15,18H,4-6,13-14H2,1-3H3,(H2,23,24,26)/t18-/m0/s1. The lowest BCUT2D eigenvalue weighted by atomic mass is 10.1. The fraction of sp³-hybridized carbons (Fsp3) is 0.409. The van der Waals surface area contributed by atoms with E-state index in [4.69, 9.17) is 12.2 Å². The molecule has 4 heteroatoms. The first-order valence-corrected chi connectivity index (χ1v) is 9.93. The zero-order valence-corrected chi connectivity index (χ0v) is 16.8. The summed E-state index contributed by atoms with van der Waals surface area (Å²) in [6.45, 7) is 8.68. The van der Waals surface area contributed by atoms with E-state index in [-0.39, 0.29) is 6.04 Å². The SMILES string of the molecule is Cc1ccc(C)c(NC(=S)N[C@@H](C)c2ccc(N3CCCCC3)cc2)c1. The van der Waals surface area contributed by atoms with Crippen molar-refractivity contribution in [1.29, 1.82) is 0 Å². The minimum atomic E-state index is 0.163. The normalized spacial score (nSPS) is 15.4. The summed E-state index contributed by atoms with van der Waals surface area (Å²) in [5, 5.41) is 7.38. The lowest BCUT2D eigenvalue weighted by molar-refractivity contribution is 0.577. The third kappa shape index (κ3) is 4.76. The zero-order chi connectivity index (χ0) is 18.5. The summed E-state index contributed by atoms with van der Waals surface area (Å²) < 4.78 is 0. The van der Waals surface area contributed by atoms with Crippen LogP contribution < -0.4 is 15.5 Å². The first-order chi connectivity index (χ1) is 12.5. The summed E-state index contributed by atoms with van der Waals surface area (Å²) in [7, 11) is 0. The summed E-state index contributed by atoms with van der Waals surface area (Å²) in [4.78, 5) is 2.48. The van der Waals surface area contributed by atoms with Crippen LogP contribution in [0.1, 0.15) is 48.9 Å². The molecule has 26 heavy (non-hydrogen) atoms. The lowest BCUT2D eigenvalue weighted by Gasteiger charge is -2.29. The Bertz CT molecular complexity index is 748. The lowest BCUT2D eigenvalue weighted by Crippen LogP contribution is -2.31. The molecule has 0 bridgehead atoms. The highest BCUT2D eigenvalue weighted by Crippen LogP contribution is 2.23. The minimum Gasteiger partial charge on any atom is -0.372 e. The molecule has 3 rings (SSSR count). The van der Waals surface area contributed by atoms with Gasteiger partial charge in [0, 0.05) is 24.5 Å². The van der Waals surface area contributed by atoms with Crippen molar-refractivity contribution in [2.45, 2.75) is 46.1 Å². The van der Waals surface area contributed by atoms with Gasteiger partial charge in [-0.2, -0.15) is 0 Å². The van der Waals surface area contributed by atoms with Gasteiger partial charge >= 0.3 is 0 Å². The van der Waals surface area contributed by atoms with Crippen molar-refractivity contribution in [1.82, 2.24) is 5.32 Å². The molecule has 3 nitrogen and oxygen atoms in total. The van der Waals surface area contributed by atoms with E-state index < -0.39 is 0 Å². The first kappa shape index (κ1) is 18.7. The third-order valence-corrected chi connectivity index (χ3v) is 5.32. The molecule has 1 aliphatic rings. The Balaban J connectivity index is 1.59. The summed E-state index contributed by atoms with van der Waals surface area (Å²) in [6.07, 6.45) is 3.97. The number of thiocarbonyl (C=S) groups is 1. The number of nitrogens with zero attached hydrogens (tertiary/aromatic N) is 1. The van der Waals surface area contributed by atoms with E-state index in [2.05, 4.69) is 78.8 Å². The number of aryl methyl sites for hydroxylation is 2. The summed E-state index contributed by atoms with van der Waals surface area (Å²) in [5.41, 5.74) is 6.06. The maximum atomic E-state index is 5.51. The van der Waals surface area contributed by atoms with Crippen LogP contribution >= 0.6 is 12.2 Å². The van der Waals surface area contributed by atoms with Gasteiger partial charge in [-0.15, -0.1) is 0 Å². The second-order valence-corrected chi connectivity index (χ2v) is 7.69. The van der Waals surface area contributed by atoms with Crippen LogP contribution in [0.25, 0.3) is 0 Å². The fourth-order valence-corrected chi connectivity index (χ4v) is 3.72. The minimum absolute atomic E-state index is 0.163. The van der Waals surface area contributed by atoms with Crippen molar-refractivity contribution >= 4 is 28.7 Å².